The first-order valence-corrected chi connectivity index (χ1v) is 7.11. The van der Waals surface area contributed by atoms with Gasteiger partial charge in [0.15, 0.2) is 0 Å². The Morgan fingerprint density at radius 3 is 2.67 bits per heavy atom. The minimum absolute atomic E-state index is 0.0566. The molecule has 0 radical (unpaired) electrons. The smallest absolute Gasteiger partial charge is 0.224 e. The van der Waals surface area contributed by atoms with Crippen molar-refractivity contribution in [3.05, 3.63) is 64.2 Å². The Morgan fingerprint density at radius 2 is 1.95 bits per heavy atom. The summed E-state index contributed by atoms with van der Waals surface area (Å²) in [5, 5.41) is 3.52. The van der Waals surface area contributed by atoms with Gasteiger partial charge in [-0.15, -0.1) is 0 Å². The Balaban J connectivity index is 1.99. The monoisotopic (exact) mass is 303 g/mol. The molecule has 0 heterocycles. The third kappa shape index (κ3) is 4.23. The van der Waals surface area contributed by atoms with Gasteiger partial charge in [-0.2, -0.15) is 0 Å². The van der Waals surface area contributed by atoms with Crippen molar-refractivity contribution in [2.24, 2.45) is 0 Å². The van der Waals surface area contributed by atoms with Crippen molar-refractivity contribution in [3.8, 4) is 5.75 Å². The number of aryl methyl sites for hydroxylation is 1. The second-order valence-electron chi connectivity index (χ2n) is 4.84. The highest BCUT2D eigenvalue weighted by Crippen LogP contribution is 2.23. The fourth-order valence-electron chi connectivity index (χ4n) is 2.12. The number of carbonyl (C=O) groups is 1. The second kappa shape index (κ2) is 7.14. The molecule has 0 atom stereocenters. The topological polar surface area (TPSA) is 38.3 Å². The fraction of sp³-hybridized carbons (Fsp3) is 0.235. The summed E-state index contributed by atoms with van der Waals surface area (Å²) < 4.78 is 5.24. The molecule has 0 aliphatic rings. The molecule has 0 bridgehead atoms. The predicted molar refractivity (Wildman–Crippen MR) is 84.7 cm³/mol. The molecular weight excluding hydrogens is 286 g/mol. The largest absolute Gasteiger partial charge is 0.496 e. The molecule has 0 aromatic heterocycles. The van der Waals surface area contributed by atoms with E-state index in [4.69, 9.17) is 16.3 Å². The molecule has 3 nitrogen and oxygen atoms in total. The summed E-state index contributed by atoms with van der Waals surface area (Å²) in [4.78, 5) is 12.1. The van der Waals surface area contributed by atoms with Crippen LogP contribution in [0.3, 0.4) is 0 Å². The first kappa shape index (κ1) is 15.4. The summed E-state index contributed by atoms with van der Waals surface area (Å²) in [5.74, 6) is 0.615. The highest BCUT2D eigenvalue weighted by Gasteiger charge is 2.09. The lowest BCUT2D eigenvalue weighted by Crippen LogP contribution is -2.25. The predicted octanol–water partition coefficient (Wildman–Crippen LogP) is 3.52. The Hall–Kier alpha value is -2.00. The van der Waals surface area contributed by atoms with E-state index >= 15 is 0 Å². The number of methoxy groups -OCH3 is 1. The van der Waals surface area contributed by atoms with Crippen LogP contribution in [0.2, 0.25) is 5.02 Å². The molecule has 2 aromatic carbocycles. The number of amides is 1. The van der Waals surface area contributed by atoms with Gasteiger partial charge in [-0.3, -0.25) is 4.79 Å². The molecule has 0 unspecified atom stereocenters. The molecular formula is C17H18ClNO2. The Kier molecular flexibility index (Phi) is 5.23. The van der Waals surface area contributed by atoms with Crippen molar-refractivity contribution < 1.29 is 9.53 Å². The Labute approximate surface area is 129 Å². The summed E-state index contributed by atoms with van der Waals surface area (Å²) in [6.45, 7) is 2.55. The maximum atomic E-state index is 12.1. The van der Waals surface area contributed by atoms with Crippen LogP contribution in [0.1, 0.15) is 16.7 Å². The average molecular weight is 304 g/mol. The van der Waals surface area contributed by atoms with Gasteiger partial charge in [0.2, 0.25) is 5.91 Å². The van der Waals surface area contributed by atoms with Gasteiger partial charge in [-0.25, -0.2) is 0 Å². The SMILES string of the molecule is COc1ccc(Cl)cc1CC(=O)NCc1ccccc1C. The van der Waals surface area contributed by atoms with E-state index in [0.29, 0.717) is 17.3 Å². The third-order valence-electron chi connectivity index (χ3n) is 3.33. The van der Waals surface area contributed by atoms with Gasteiger partial charge in [-0.1, -0.05) is 35.9 Å². The molecule has 110 valence electrons. The van der Waals surface area contributed by atoms with Crippen molar-refractivity contribution in [3.63, 3.8) is 0 Å². The first-order chi connectivity index (χ1) is 10.1. The normalized spacial score (nSPS) is 10.2. The van der Waals surface area contributed by atoms with E-state index in [0.717, 1.165) is 16.7 Å². The quantitative estimate of drug-likeness (QED) is 0.918. The fourth-order valence-corrected chi connectivity index (χ4v) is 2.32. The number of carbonyl (C=O) groups excluding carboxylic acids is 1. The number of rotatable bonds is 5. The molecule has 2 rings (SSSR count). The molecule has 2 aromatic rings. The van der Waals surface area contributed by atoms with Gasteiger partial charge < -0.3 is 10.1 Å². The zero-order valence-electron chi connectivity index (χ0n) is 12.2. The standard InChI is InChI=1S/C17H18ClNO2/c1-12-5-3-4-6-13(12)11-19-17(20)10-14-9-15(18)7-8-16(14)21-2/h3-9H,10-11H2,1-2H3,(H,19,20). The lowest BCUT2D eigenvalue weighted by Gasteiger charge is -2.10. The van der Waals surface area contributed by atoms with Crippen LogP contribution in [0.15, 0.2) is 42.5 Å². The van der Waals surface area contributed by atoms with Gasteiger partial charge in [0.25, 0.3) is 0 Å². The highest BCUT2D eigenvalue weighted by atomic mass is 35.5. The van der Waals surface area contributed by atoms with E-state index < -0.39 is 0 Å². The number of ether oxygens (including phenoxy) is 1. The van der Waals surface area contributed by atoms with Gasteiger partial charge in [0.1, 0.15) is 5.75 Å². The first-order valence-electron chi connectivity index (χ1n) is 6.74. The molecule has 0 aliphatic carbocycles. The van der Waals surface area contributed by atoms with Gasteiger partial charge in [-0.05, 0) is 36.2 Å². The average Bonchev–Trinajstić information content (AvgIpc) is 2.47. The number of hydrogen-bond acceptors (Lipinski definition) is 2. The maximum Gasteiger partial charge on any atom is 0.224 e. The lowest BCUT2D eigenvalue weighted by molar-refractivity contribution is -0.120. The van der Waals surface area contributed by atoms with Gasteiger partial charge in [0.05, 0.1) is 13.5 Å². The van der Waals surface area contributed by atoms with Crippen molar-refractivity contribution in [1.82, 2.24) is 5.32 Å². The summed E-state index contributed by atoms with van der Waals surface area (Å²) in [5.41, 5.74) is 3.06. The van der Waals surface area contributed by atoms with Crippen LogP contribution in [-0.4, -0.2) is 13.0 Å². The molecule has 0 spiro atoms. The zero-order valence-corrected chi connectivity index (χ0v) is 12.9. The molecule has 4 heteroatoms. The molecule has 0 saturated heterocycles. The minimum atomic E-state index is -0.0566. The maximum absolute atomic E-state index is 12.1. The van der Waals surface area contributed by atoms with Crippen LogP contribution in [-0.2, 0) is 17.8 Å². The number of halogens is 1. The van der Waals surface area contributed by atoms with Crippen LogP contribution in [0.25, 0.3) is 0 Å². The highest BCUT2D eigenvalue weighted by molar-refractivity contribution is 6.30. The van der Waals surface area contributed by atoms with Crippen molar-refractivity contribution >= 4 is 17.5 Å². The van der Waals surface area contributed by atoms with Crippen LogP contribution in [0, 0.1) is 6.92 Å². The van der Waals surface area contributed by atoms with Crippen LogP contribution in [0.4, 0.5) is 0 Å². The summed E-state index contributed by atoms with van der Waals surface area (Å²) in [7, 11) is 1.58. The molecule has 1 N–H and O–H groups in total. The van der Waals surface area contributed by atoms with Gasteiger partial charge >= 0.3 is 0 Å². The van der Waals surface area contributed by atoms with Crippen molar-refractivity contribution in [2.45, 2.75) is 19.9 Å². The molecule has 1 amide bonds. The van der Waals surface area contributed by atoms with E-state index in [9.17, 15) is 4.79 Å². The second-order valence-corrected chi connectivity index (χ2v) is 5.27. The Morgan fingerprint density at radius 1 is 1.19 bits per heavy atom. The van der Waals surface area contributed by atoms with E-state index in [1.54, 1.807) is 25.3 Å². The van der Waals surface area contributed by atoms with Crippen LogP contribution < -0.4 is 10.1 Å². The number of hydrogen-bond donors (Lipinski definition) is 1. The van der Waals surface area contributed by atoms with E-state index in [-0.39, 0.29) is 12.3 Å². The summed E-state index contributed by atoms with van der Waals surface area (Å²) in [6, 6.07) is 13.3. The molecule has 0 aliphatic heterocycles. The third-order valence-corrected chi connectivity index (χ3v) is 3.57. The van der Waals surface area contributed by atoms with Crippen molar-refractivity contribution in [2.75, 3.05) is 7.11 Å². The zero-order chi connectivity index (χ0) is 15.2. The summed E-state index contributed by atoms with van der Waals surface area (Å²) in [6.07, 6.45) is 0.246. The molecule has 0 saturated carbocycles. The molecule has 21 heavy (non-hydrogen) atoms. The Bertz CT molecular complexity index is 640. The van der Waals surface area contributed by atoms with E-state index in [1.807, 2.05) is 31.2 Å². The molecule has 0 fully saturated rings. The summed E-state index contributed by atoms with van der Waals surface area (Å²) >= 11 is 5.96. The minimum Gasteiger partial charge on any atom is -0.496 e. The lowest BCUT2D eigenvalue weighted by atomic mass is 10.1. The van der Waals surface area contributed by atoms with Crippen LogP contribution in [0.5, 0.6) is 5.75 Å². The van der Waals surface area contributed by atoms with Gasteiger partial charge in [0, 0.05) is 17.1 Å². The van der Waals surface area contributed by atoms with E-state index in [2.05, 4.69) is 5.32 Å². The van der Waals surface area contributed by atoms with E-state index in [1.165, 1.54) is 0 Å². The number of nitrogens with one attached hydrogen (secondary N) is 1. The van der Waals surface area contributed by atoms with Crippen molar-refractivity contribution in [1.29, 1.82) is 0 Å². The van der Waals surface area contributed by atoms with Crippen LogP contribution >= 0.6 is 11.6 Å². The number of benzene rings is 2.